The minimum Gasteiger partial charge on any atom is -0.495 e. The van der Waals surface area contributed by atoms with Crippen molar-refractivity contribution < 1.29 is 14.2 Å². The second-order valence-corrected chi connectivity index (χ2v) is 12.4. The molecule has 0 unspecified atom stereocenters. The first-order valence-electron chi connectivity index (χ1n) is 16.3. The molecule has 0 saturated carbocycles. The Labute approximate surface area is 265 Å². The molecule has 226 valence electrons. The van der Waals surface area contributed by atoms with Gasteiger partial charge in [-0.1, -0.05) is 105 Å². The zero-order valence-electron chi connectivity index (χ0n) is 26.3. The number of methoxy groups -OCH3 is 1. The van der Waals surface area contributed by atoms with E-state index in [-0.39, 0.29) is 5.41 Å². The van der Waals surface area contributed by atoms with Gasteiger partial charge < -0.3 is 19.1 Å². The zero-order chi connectivity index (χ0) is 30.6. The summed E-state index contributed by atoms with van der Waals surface area (Å²) in [5.74, 6) is 1.78. The Morgan fingerprint density at radius 1 is 0.778 bits per heavy atom. The van der Waals surface area contributed by atoms with Gasteiger partial charge in [0.25, 0.3) is 0 Å². The minimum atomic E-state index is -0.778. The molecule has 1 fully saturated rings. The molecule has 4 nitrogen and oxygen atoms in total. The second-order valence-electron chi connectivity index (χ2n) is 12.4. The molecule has 0 bridgehead atoms. The highest BCUT2D eigenvalue weighted by Gasteiger charge is 2.47. The summed E-state index contributed by atoms with van der Waals surface area (Å²) in [5, 5.41) is 2.29. The Hall–Kier alpha value is -4.54. The lowest BCUT2D eigenvalue weighted by Gasteiger charge is -2.39. The van der Waals surface area contributed by atoms with Crippen molar-refractivity contribution in [2.24, 2.45) is 0 Å². The van der Waals surface area contributed by atoms with Crippen molar-refractivity contribution >= 4 is 22.5 Å². The van der Waals surface area contributed by atoms with E-state index >= 15 is 0 Å². The molecular weight excluding hydrogens is 554 g/mol. The molecule has 3 aliphatic rings. The molecule has 4 heteroatoms. The molecule has 0 N–H and O–H groups in total. The van der Waals surface area contributed by atoms with Crippen LogP contribution < -0.4 is 14.4 Å². The molecule has 45 heavy (non-hydrogen) atoms. The number of ether oxygens (including phenoxy) is 3. The Balaban J connectivity index is 1.49. The molecule has 1 saturated heterocycles. The Kier molecular flexibility index (Phi) is 6.72. The van der Waals surface area contributed by atoms with Crippen molar-refractivity contribution in [3.05, 3.63) is 131 Å². The summed E-state index contributed by atoms with van der Waals surface area (Å²) in [6, 6.07) is 34.9. The number of anilines is 1. The zero-order valence-corrected chi connectivity index (χ0v) is 26.3. The summed E-state index contributed by atoms with van der Waals surface area (Å²) in [6.07, 6.45) is 6.65. The molecule has 0 radical (unpaired) electrons. The standard InChI is InChI=1S/C41H39NO3/c1-4-40(5-2)34-19-13-12-18-30(34)37-32-26-35(42-22-24-44-25-23-42)36(43-3)27-33(32)39-31(38(37)40)20-21-41(45-39,28-14-8-6-9-15-28)29-16-10-7-11-17-29/h6-21,26-27H,4-5,22-25H2,1-3H3. The molecule has 1 aliphatic carbocycles. The average Bonchev–Trinajstić information content (AvgIpc) is 3.43. The summed E-state index contributed by atoms with van der Waals surface area (Å²) in [4.78, 5) is 2.40. The van der Waals surface area contributed by atoms with Crippen molar-refractivity contribution in [3.63, 3.8) is 0 Å². The van der Waals surface area contributed by atoms with Gasteiger partial charge in [-0.3, -0.25) is 0 Å². The predicted molar refractivity (Wildman–Crippen MR) is 184 cm³/mol. The largest absolute Gasteiger partial charge is 0.495 e. The normalized spacial score (nSPS) is 17.4. The monoisotopic (exact) mass is 593 g/mol. The van der Waals surface area contributed by atoms with Crippen molar-refractivity contribution in [1.29, 1.82) is 0 Å². The van der Waals surface area contributed by atoms with E-state index in [2.05, 4.69) is 128 Å². The molecule has 0 atom stereocenters. The van der Waals surface area contributed by atoms with Crippen LogP contribution in [0, 0.1) is 0 Å². The highest BCUT2D eigenvalue weighted by molar-refractivity contribution is 6.10. The van der Waals surface area contributed by atoms with Crippen LogP contribution in [-0.2, 0) is 15.8 Å². The van der Waals surface area contributed by atoms with E-state index in [1.165, 1.54) is 33.2 Å². The fourth-order valence-corrected chi connectivity index (χ4v) is 8.23. The lowest BCUT2D eigenvalue weighted by atomic mass is 9.71. The first-order chi connectivity index (χ1) is 22.1. The average molecular weight is 594 g/mol. The van der Waals surface area contributed by atoms with Gasteiger partial charge in [-0.15, -0.1) is 0 Å². The summed E-state index contributed by atoms with van der Waals surface area (Å²) in [6.45, 7) is 7.78. The maximum absolute atomic E-state index is 7.52. The topological polar surface area (TPSA) is 30.9 Å². The molecule has 5 aromatic rings. The number of fused-ring (bicyclic) bond motifs is 8. The van der Waals surface area contributed by atoms with Crippen LogP contribution in [0.5, 0.6) is 11.5 Å². The Bertz CT molecular complexity index is 1880. The van der Waals surface area contributed by atoms with Crippen LogP contribution in [0.2, 0.25) is 0 Å². The fraction of sp³-hybridized carbons (Fsp3) is 0.268. The quantitative estimate of drug-likeness (QED) is 0.196. The number of hydrogen-bond acceptors (Lipinski definition) is 4. The van der Waals surface area contributed by atoms with E-state index in [0.29, 0.717) is 13.2 Å². The van der Waals surface area contributed by atoms with E-state index in [4.69, 9.17) is 14.2 Å². The third-order valence-electron chi connectivity index (χ3n) is 10.5. The van der Waals surface area contributed by atoms with E-state index < -0.39 is 5.60 Å². The van der Waals surface area contributed by atoms with Gasteiger partial charge in [0.1, 0.15) is 11.5 Å². The third-order valence-corrected chi connectivity index (χ3v) is 10.5. The lowest BCUT2D eigenvalue weighted by Crippen LogP contribution is -2.36. The molecule has 2 aliphatic heterocycles. The van der Waals surface area contributed by atoms with Crippen LogP contribution in [0.1, 0.15) is 54.5 Å². The fourth-order valence-electron chi connectivity index (χ4n) is 8.23. The summed E-state index contributed by atoms with van der Waals surface area (Å²) < 4.78 is 19.4. The maximum atomic E-state index is 7.52. The highest BCUT2D eigenvalue weighted by atomic mass is 16.5. The summed E-state index contributed by atoms with van der Waals surface area (Å²) in [7, 11) is 1.78. The van der Waals surface area contributed by atoms with Crippen LogP contribution >= 0.6 is 0 Å². The van der Waals surface area contributed by atoms with Crippen molar-refractivity contribution in [3.8, 4) is 22.6 Å². The van der Waals surface area contributed by atoms with E-state index in [1.54, 1.807) is 7.11 Å². The molecule has 0 spiro atoms. The van der Waals surface area contributed by atoms with Crippen molar-refractivity contribution in [2.75, 3.05) is 38.3 Å². The van der Waals surface area contributed by atoms with Gasteiger partial charge in [0, 0.05) is 40.6 Å². The summed E-state index contributed by atoms with van der Waals surface area (Å²) >= 11 is 0. The number of benzene rings is 5. The molecular formula is C41H39NO3. The first-order valence-corrected chi connectivity index (χ1v) is 16.3. The highest BCUT2D eigenvalue weighted by Crippen LogP contribution is 2.61. The molecule has 2 heterocycles. The van der Waals surface area contributed by atoms with Gasteiger partial charge in [0.05, 0.1) is 26.0 Å². The van der Waals surface area contributed by atoms with Crippen molar-refractivity contribution in [2.45, 2.75) is 37.7 Å². The van der Waals surface area contributed by atoms with E-state index in [9.17, 15) is 0 Å². The van der Waals surface area contributed by atoms with E-state index in [0.717, 1.165) is 59.6 Å². The summed E-state index contributed by atoms with van der Waals surface area (Å²) in [5.41, 5.74) is 9.07. The predicted octanol–water partition coefficient (Wildman–Crippen LogP) is 9.12. The Morgan fingerprint density at radius 3 is 2.07 bits per heavy atom. The number of hydrogen-bond donors (Lipinski definition) is 0. The lowest BCUT2D eigenvalue weighted by molar-refractivity contribution is 0.122. The molecule has 0 aromatic heterocycles. The van der Waals surface area contributed by atoms with Crippen LogP contribution in [0.4, 0.5) is 5.69 Å². The van der Waals surface area contributed by atoms with Crippen molar-refractivity contribution in [1.82, 2.24) is 0 Å². The van der Waals surface area contributed by atoms with Crippen LogP contribution in [-0.4, -0.2) is 33.4 Å². The van der Waals surface area contributed by atoms with Crippen LogP contribution in [0.3, 0.4) is 0 Å². The number of nitrogens with zero attached hydrogens (tertiary/aromatic N) is 1. The maximum Gasteiger partial charge on any atom is 0.178 e. The SMILES string of the molecule is CCC1(CC)c2ccccc2-c2c1c1c(c3cc(OC)c(N4CCOCC4)cc23)OC(c2ccccc2)(c2ccccc2)C=C1. The van der Waals surface area contributed by atoms with Gasteiger partial charge in [0.2, 0.25) is 0 Å². The van der Waals surface area contributed by atoms with Crippen LogP contribution in [0.15, 0.2) is 103 Å². The van der Waals surface area contributed by atoms with Gasteiger partial charge in [-0.25, -0.2) is 0 Å². The van der Waals surface area contributed by atoms with E-state index in [1.807, 2.05) is 0 Å². The van der Waals surface area contributed by atoms with Gasteiger partial charge >= 0.3 is 0 Å². The Morgan fingerprint density at radius 2 is 1.42 bits per heavy atom. The minimum absolute atomic E-state index is 0.115. The van der Waals surface area contributed by atoms with Gasteiger partial charge in [0.15, 0.2) is 5.60 Å². The molecule has 5 aromatic carbocycles. The smallest absolute Gasteiger partial charge is 0.178 e. The molecule has 8 rings (SSSR count). The second kappa shape index (κ2) is 10.8. The van der Waals surface area contributed by atoms with Gasteiger partial charge in [-0.2, -0.15) is 0 Å². The number of morpholine rings is 1. The first kappa shape index (κ1) is 28.0. The third kappa shape index (κ3) is 4.01. The number of rotatable bonds is 6. The molecule has 0 amide bonds. The van der Waals surface area contributed by atoms with Crippen LogP contribution in [0.25, 0.3) is 28.0 Å². The van der Waals surface area contributed by atoms with Gasteiger partial charge in [-0.05, 0) is 58.7 Å².